The average Bonchev–Trinajstić information content (AvgIpc) is 3.03. The number of aryl methyl sites for hydroxylation is 1. The van der Waals surface area contributed by atoms with Gasteiger partial charge in [-0.1, -0.05) is 62.4 Å². The predicted molar refractivity (Wildman–Crippen MR) is 109 cm³/mol. The van der Waals surface area contributed by atoms with Gasteiger partial charge in [-0.2, -0.15) is 0 Å². The van der Waals surface area contributed by atoms with Crippen molar-refractivity contribution in [1.82, 2.24) is 4.90 Å². The molecule has 0 bridgehead atoms. The summed E-state index contributed by atoms with van der Waals surface area (Å²) in [5.41, 5.74) is 4.29. The molecule has 1 aliphatic heterocycles. The van der Waals surface area contributed by atoms with Gasteiger partial charge in [0.25, 0.3) is 0 Å². The van der Waals surface area contributed by atoms with Crippen molar-refractivity contribution in [2.45, 2.75) is 39.5 Å². The van der Waals surface area contributed by atoms with Gasteiger partial charge in [-0.25, -0.2) is 0 Å². The summed E-state index contributed by atoms with van der Waals surface area (Å²) in [7, 11) is 0. The van der Waals surface area contributed by atoms with Crippen LogP contribution in [0.3, 0.4) is 0 Å². The maximum absolute atomic E-state index is 12.8. The van der Waals surface area contributed by atoms with E-state index in [4.69, 9.17) is 0 Å². The number of likely N-dealkylation sites (tertiary alicyclic amines) is 1. The van der Waals surface area contributed by atoms with Crippen molar-refractivity contribution in [3.05, 3.63) is 65.2 Å². The molecule has 0 radical (unpaired) electrons. The molecule has 1 fully saturated rings. The van der Waals surface area contributed by atoms with Gasteiger partial charge in [-0.3, -0.25) is 9.59 Å². The van der Waals surface area contributed by atoms with Gasteiger partial charge in [-0.05, 0) is 36.0 Å². The van der Waals surface area contributed by atoms with Crippen LogP contribution in [-0.2, 0) is 16.0 Å². The summed E-state index contributed by atoms with van der Waals surface area (Å²) < 4.78 is 0. The smallest absolute Gasteiger partial charge is 0.229 e. The molecule has 2 aromatic rings. The molecule has 1 atom stereocenters. The van der Waals surface area contributed by atoms with Crippen molar-refractivity contribution in [1.29, 1.82) is 0 Å². The molecule has 0 aromatic heterocycles. The highest BCUT2D eigenvalue weighted by Crippen LogP contribution is 2.29. The molecule has 27 heavy (non-hydrogen) atoms. The summed E-state index contributed by atoms with van der Waals surface area (Å²) in [6, 6.07) is 16.2. The van der Waals surface area contributed by atoms with E-state index in [-0.39, 0.29) is 17.7 Å². The standard InChI is InChI=1S/C23H28N2O2/c1-16(2)20-11-7-8-17(3)22(20)24-23(27)19-14-21(26)25(15-19)13-12-18-9-5-4-6-10-18/h4-11,16,19H,12-15H2,1-3H3,(H,24,27). The normalized spacial score (nSPS) is 16.8. The maximum Gasteiger partial charge on any atom is 0.229 e. The summed E-state index contributed by atoms with van der Waals surface area (Å²) in [6.45, 7) is 7.41. The maximum atomic E-state index is 12.8. The van der Waals surface area contributed by atoms with Crippen molar-refractivity contribution >= 4 is 17.5 Å². The number of carbonyl (C=O) groups excluding carboxylic acids is 2. The van der Waals surface area contributed by atoms with Gasteiger partial charge in [0.15, 0.2) is 0 Å². The van der Waals surface area contributed by atoms with Crippen molar-refractivity contribution in [2.75, 3.05) is 18.4 Å². The molecule has 1 unspecified atom stereocenters. The van der Waals surface area contributed by atoms with E-state index in [0.29, 0.717) is 25.4 Å². The van der Waals surface area contributed by atoms with Gasteiger partial charge >= 0.3 is 0 Å². The molecule has 3 rings (SSSR count). The van der Waals surface area contributed by atoms with E-state index < -0.39 is 0 Å². The molecule has 1 heterocycles. The predicted octanol–water partition coefficient (Wildman–Crippen LogP) is 4.15. The molecule has 4 heteroatoms. The Balaban J connectivity index is 1.63. The van der Waals surface area contributed by atoms with E-state index in [1.807, 2.05) is 42.2 Å². The van der Waals surface area contributed by atoms with Crippen LogP contribution in [0.2, 0.25) is 0 Å². The summed E-state index contributed by atoms with van der Waals surface area (Å²) in [4.78, 5) is 27.0. The van der Waals surface area contributed by atoms with Gasteiger partial charge in [0.1, 0.15) is 0 Å². The number of hydrogen-bond donors (Lipinski definition) is 1. The van der Waals surface area contributed by atoms with Crippen LogP contribution < -0.4 is 5.32 Å². The quantitative estimate of drug-likeness (QED) is 0.837. The number of anilines is 1. The molecule has 0 aliphatic carbocycles. The Kier molecular flexibility index (Phi) is 5.94. The lowest BCUT2D eigenvalue weighted by atomic mass is 9.97. The number of para-hydroxylation sites is 1. The topological polar surface area (TPSA) is 49.4 Å². The summed E-state index contributed by atoms with van der Waals surface area (Å²) in [5, 5.41) is 3.10. The molecule has 2 amide bonds. The Bertz CT molecular complexity index is 814. The number of hydrogen-bond acceptors (Lipinski definition) is 2. The molecule has 0 spiro atoms. The van der Waals surface area contributed by atoms with Gasteiger partial charge in [0.2, 0.25) is 11.8 Å². The second-order valence-corrected chi connectivity index (χ2v) is 7.66. The molecule has 0 saturated carbocycles. The number of benzene rings is 2. The fraction of sp³-hybridized carbons (Fsp3) is 0.391. The van der Waals surface area contributed by atoms with Crippen LogP contribution in [0.5, 0.6) is 0 Å². The largest absolute Gasteiger partial charge is 0.342 e. The van der Waals surface area contributed by atoms with Crippen molar-refractivity contribution < 1.29 is 9.59 Å². The SMILES string of the molecule is Cc1cccc(C(C)C)c1NC(=O)C1CC(=O)N(CCc2ccccc2)C1. The number of nitrogens with one attached hydrogen (secondary N) is 1. The summed E-state index contributed by atoms with van der Waals surface area (Å²) in [5.74, 6) is 0.0578. The monoisotopic (exact) mass is 364 g/mol. The van der Waals surface area contributed by atoms with Gasteiger partial charge in [0.05, 0.1) is 5.92 Å². The van der Waals surface area contributed by atoms with Crippen LogP contribution in [0.15, 0.2) is 48.5 Å². The van der Waals surface area contributed by atoms with E-state index in [1.165, 1.54) is 5.56 Å². The second-order valence-electron chi connectivity index (χ2n) is 7.66. The third-order valence-electron chi connectivity index (χ3n) is 5.27. The van der Waals surface area contributed by atoms with E-state index in [0.717, 1.165) is 23.2 Å². The Morgan fingerprint density at radius 1 is 1.15 bits per heavy atom. The van der Waals surface area contributed by atoms with Crippen LogP contribution in [0.4, 0.5) is 5.69 Å². The zero-order valence-electron chi connectivity index (χ0n) is 16.4. The number of nitrogens with zero attached hydrogens (tertiary/aromatic N) is 1. The highest BCUT2D eigenvalue weighted by Gasteiger charge is 2.34. The minimum Gasteiger partial charge on any atom is -0.342 e. The van der Waals surface area contributed by atoms with Crippen molar-refractivity contribution in [3.8, 4) is 0 Å². The van der Waals surface area contributed by atoms with Gasteiger partial charge in [0, 0.05) is 25.2 Å². The van der Waals surface area contributed by atoms with Crippen LogP contribution in [0.25, 0.3) is 0 Å². The van der Waals surface area contributed by atoms with E-state index in [9.17, 15) is 9.59 Å². The zero-order chi connectivity index (χ0) is 19.4. The molecule has 1 N–H and O–H groups in total. The van der Waals surface area contributed by atoms with Crippen molar-refractivity contribution in [2.24, 2.45) is 5.92 Å². The van der Waals surface area contributed by atoms with Gasteiger partial charge in [-0.15, -0.1) is 0 Å². The molecule has 1 aliphatic rings. The third-order valence-corrected chi connectivity index (χ3v) is 5.27. The minimum atomic E-state index is -0.284. The lowest BCUT2D eigenvalue weighted by Gasteiger charge is -2.19. The highest BCUT2D eigenvalue weighted by molar-refractivity contribution is 5.98. The van der Waals surface area contributed by atoms with Crippen LogP contribution >= 0.6 is 0 Å². The highest BCUT2D eigenvalue weighted by atomic mass is 16.2. The lowest BCUT2D eigenvalue weighted by molar-refractivity contribution is -0.128. The number of carbonyl (C=O) groups is 2. The first-order valence-corrected chi connectivity index (χ1v) is 9.67. The molecule has 2 aromatic carbocycles. The summed E-state index contributed by atoms with van der Waals surface area (Å²) >= 11 is 0. The fourth-order valence-electron chi connectivity index (χ4n) is 3.64. The molecular weight excluding hydrogens is 336 g/mol. The zero-order valence-corrected chi connectivity index (χ0v) is 16.4. The summed E-state index contributed by atoms with van der Waals surface area (Å²) in [6.07, 6.45) is 1.11. The average molecular weight is 364 g/mol. The fourth-order valence-corrected chi connectivity index (χ4v) is 3.64. The van der Waals surface area contributed by atoms with Crippen molar-refractivity contribution in [3.63, 3.8) is 0 Å². The number of rotatable bonds is 6. The first kappa shape index (κ1) is 19.2. The van der Waals surface area contributed by atoms with E-state index in [1.54, 1.807) is 0 Å². The Morgan fingerprint density at radius 3 is 2.59 bits per heavy atom. The first-order chi connectivity index (χ1) is 13.0. The Morgan fingerprint density at radius 2 is 1.89 bits per heavy atom. The molecule has 142 valence electrons. The van der Waals surface area contributed by atoms with Gasteiger partial charge < -0.3 is 10.2 Å². The number of amides is 2. The Hall–Kier alpha value is -2.62. The minimum absolute atomic E-state index is 0.0539. The van der Waals surface area contributed by atoms with E-state index >= 15 is 0 Å². The first-order valence-electron chi connectivity index (χ1n) is 9.67. The Labute approximate surface area is 161 Å². The third kappa shape index (κ3) is 4.57. The molecular formula is C23H28N2O2. The molecule has 4 nitrogen and oxygen atoms in total. The van der Waals surface area contributed by atoms with E-state index in [2.05, 4.69) is 37.4 Å². The van der Waals surface area contributed by atoms with Crippen LogP contribution in [-0.4, -0.2) is 29.8 Å². The molecule has 1 saturated heterocycles. The van der Waals surface area contributed by atoms with Crippen LogP contribution in [0.1, 0.15) is 42.9 Å². The lowest BCUT2D eigenvalue weighted by Crippen LogP contribution is -2.30. The second kappa shape index (κ2) is 8.38. The van der Waals surface area contributed by atoms with Crippen LogP contribution in [0, 0.1) is 12.8 Å².